The van der Waals surface area contributed by atoms with Gasteiger partial charge in [-0.2, -0.15) is 0 Å². The Labute approximate surface area is 115 Å². The van der Waals surface area contributed by atoms with Gasteiger partial charge in [-0.1, -0.05) is 19.3 Å². The van der Waals surface area contributed by atoms with E-state index in [1.165, 1.54) is 32.1 Å². The first kappa shape index (κ1) is 13.8. The van der Waals surface area contributed by atoms with Crippen molar-refractivity contribution in [3.05, 3.63) is 24.0 Å². The number of hydrogen-bond donors (Lipinski definition) is 2. The van der Waals surface area contributed by atoms with Crippen molar-refractivity contribution in [2.24, 2.45) is 5.92 Å². The molecule has 0 aliphatic heterocycles. The minimum absolute atomic E-state index is 0.0615. The molecule has 0 radical (unpaired) electrons. The molecular weight excluding hydrogens is 238 g/mol. The zero-order valence-corrected chi connectivity index (χ0v) is 11.6. The average molecular weight is 261 g/mol. The van der Waals surface area contributed by atoms with Crippen molar-refractivity contribution in [3.63, 3.8) is 0 Å². The SMILES string of the molecule is CCNc1ccc(C(=O)NCC2CCCCC2)nc1. The lowest BCUT2D eigenvalue weighted by Crippen LogP contribution is -2.30. The van der Waals surface area contributed by atoms with Crippen molar-refractivity contribution < 1.29 is 4.79 Å². The number of nitrogens with one attached hydrogen (secondary N) is 2. The number of hydrogen-bond acceptors (Lipinski definition) is 3. The molecule has 2 N–H and O–H groups in total. The monoisotopic (exact) mass is 261 g/mol. The van der Waals surface area contributed by atoms with Gasteiger partial charge in [-0.05, 0) is 37.8 Å². The van der Waals surface area contributed by atoms with E-state index in [-0.39, 0.29) is 5.91 Å². The number of amides is 1. The minimum Gasteiger partial charge on any atom is -0.384 e. The molecule has 1 aromatic heterocycles. The number of rotatable bonds is 5. The highest BCUT2D eigenvalue weighted by atomic mass is 16.1. The third-order valence-electron chi connectivity index (χ3n) is 3.65. The second-order valence-corrected chi connectivity index (χ2v) is 5.18. The normalized spacial score (nSPS) is 16.1. The van der Waals surface area contributed by atoms with E-state index in [2.05, 4.69) is 15.6 Å². The van der Waals surface area contributed by atoms with Gasteiger partial charge in [-0.25, -0.2) is 4.98 Å². The molecule has 1 aliphatic rings. The zero-order valence-electron chi connectivity index (χ0n) is 11.6. The Morgan fingerprint density at radius 2 is 2.11 bits per heavy atom. The fraction of sp³-hybridized carbons (Fsp3) is 0.600. The first-order valence-corrected chi connectivity index (χ1v) is 7.27. The van der Waals surface area contributed by atoms with Gasteiger partial charge in [0.15, 0.2) is 0 Å². The Morgan fingerprint density at radius 3 is 2.74 bits per heavy atom. The fourth-order valence-corrected chi connectivity index (χ4v) is 2.56. The van der Waals surface area contributed by atoms with E-state index < -0.39 is 0 Å². The second-order valence-electron chi connectivity index (χ2n) is 5.18. The third kappa shape index (κ3) is 4.23. The van der Waals surface area contributed by atoms with Gasteiger partial charge in [0.05, 0.1) is 11.9 Å². The van der Waals surface area contributed by atoms with Crippen LogP contribution in [0.1, 0.15) is 49.5 Å². The number of carbonyl (C=O) groups excluding carboxylic acids is 1. The lowest BCUT2D eigenvalue weighted by molar-refractivity contribution is 0.0938. The third-order valence-corrected chi connectivity index (χ3v) is 3.65. The molecule has 0 atom stereocenters. The van der Waals surface area contributed by atoms with E-state index in [9.17, 15) is 4.79 Å². The molecule has 0 bridgehead atoms. The van der Waals surface area contributed by atoms with Crippen LogP contribution >= 0.6 is 0 Å². The number of anilines is 1. The molecule has 0 aromatic carbocycles. The summed E-state index contributed by atoms with van der Waals surface area (Å²) in [6.07, 6.45) is 8.14. The Hall–Kier alpha value is -1.58. The summed E-state index contributed by atoms with van der Waals surface area (Å²) in [4.78, 5) is 16.1. The summed E-state index contributed by atoms with van der Waals surface area (Å²) in [7, 11) is 0. The summed E-state index contributed by atoms with van der Waals surface area (Å²) >= 11 is 0. The topological polar surface area (TPSA) is 54.0 Å². The maximum absolute atomic E-state index is 12.0. The largest absolute Gasteiger partial charge is 0.384 e. The van der Waals surface area contributed by atoms with E-state index in [4.69, 9.17) is 0 Å². The molecule has 1 amide bonds. The molecule has 1 fully saturated rings. The van der Waals surface area contributed by atoms with Crippen LogP contribution in [0.3, 0.4) is 0 Å². The Bertz CT molecular complexity index is 396. The summed E-state index contributed by atoms with van der Waals surface area (Å²) in [5.41, 5.74) is 1.45. The molecular formula is C15H23N3O. The van der Waals surface area contributed by atoms with Crippen molar-refractivity contribution >= 4 is 11.6 Å². The second kappa shape index (κ2) is 7.12. The molecule has 19 heavy (non-hydrogen) atoms. The van der Waals surface area contributed by atoms with Gasteiger partial charge in [-0.3, -0.25) is 4.79 Å². The standard InChI is InChI=1S/C15H23N3O/c1-2-16-13-8-9-14(17-11-13)15(19)18-10-12-6-4-3-5-7-12/h8-9,11-12,16H,2-7,10H2,1H3,(H,18,19). The molecule has 4 heteroatoms. The van der Waals surface area contributed by atoms with Crippen molar-refractivity contribution in [1.82, 2.24) is 10.3 Å². The van der Waals surface area contributed by atoms with Gasteiger partial charge >= 0.3 is 0 Å². The molecule has 1 heterocycles. The first-order chi connectivity index (χ1) is 9.29. The van der Waals surface area contributed by atoms with E-state index in [0.717, 1.165) is 18.8 Å². The van der Waals surface area contributed by atoms with Crippen molar-refractivity contribution in [2.75, 3.05) is 18.4 Å². The van der Waals surface area contributed by atoms with Crippen LogP contribution in [0.4, 0.5) is 5.69 Å². The van der Waals surface area contributed by atoms with Gasteiger partial charge in [0.25, 0.3) is 5.91 Å². The average Bonchev–Trinajstić information content (AvgIpc) is 2.47. The predicted octanol–water partition coefficient (Wildman–Crippen LogP) is 2.82. The minimum atomic E-state index is -0.0615. The van der Waals surface area contributed by atoms with Crippen LogP contribution < -0.4 is 10.6 Å². The van der Waals surface area contributed by atoms with E-state index >= 15 is 0 Å². The number of aromatic nitrogens is 1. The zero-order chi connectivity index (χ0) is 13.5. The number of pyridine rings is 1. The van der Waals surface area contributed by atoms with E-state index in [1.807, 2.05) is 13.0 Å². The molecule has 1 aromatic rings. The maximum atomic E-state index is 12.0. The first-order valence-electron chi connectivity index (χ1n) is 7.27. The number of carbonyl (C=O) groups is 1. The fourth-order valence-electron chi connectivity index (χ4n) is 2.56. The summed E-state index contributed by atoms with van der Waals surface area (Å²) < 4.78 is 0. The van der Waals surface area contributed by atoms with Crippen LogP contribution in [0.5, 0.6) is 0 Å². The summed E-state index contributed by atoms with van der Waals surface area (Å²) in [6, 6.07) is 3.67. The van der Waals surface area contributed by atoms with Crippen LogP contribution in [0.2, 0.25) is 0 Å². The number of nitrogens with zero attached hydrogens (tertiary/aromatic N) is 1. The Kier molecular flexibility index (Phi) is 5.19. The molecule has 104 valence electrons. The van der Waals surface area contributed by atoms with E-state index in [0.29, 0.717) is 11.6 Å². The van der Waals surface area contributed by atoms with Crippen LogP contribution in [0.25, 0.3) is 0 Å². The Morgan fingerprint density at radius 1 is 1.32 bits per heavy atom. The van der Waals surface area contributed by atoms with Crippen LogP contribution in [0, 0.1) is 5.92 Å². The van der Waals surface area contributed by atoms with Crippen LogP contribution in [-0.4, -0.2) is 24.0 Å². The van der Waals surface area contributed by atoms with E-state index in [1.54, 1.807) is 12.3 Å². The van der Waals surface area contributed by atoms with Crippen LogP contribution in [-0.2, 0) is 0 Å². The molecule has 0 spiro atoms. The van der Waals surface area contributed by atoms with Gasteiger partial charge in [-0.15, -0.1) is 0 Å². The highest BCUT2D eigenvalue weighted by Crippen LogP contribution is 2.22. The van der Waals surface area contributed by atoms with Gasteiger partial charge < -0.3 is 10.6 Å². The summed E-state index contributed by atoms with van der Waals surface area (Å²) in [5, 5.41) is 6.16. The van der Waals surface area contributed by atoms with Crippen molar-refractivity contribution in [1.29, 1.82) is 0 Å². The Balaban J connectivity index is 1.81. The lowest BCUT2D eigenvalue weighted by Gasteiger charge is -2.21. The molecule has 1 aliphatic carbocycles. The van der Waals surface area contributed by atoms with Crippen molar-refractivity contribution in [3.8, 4) is 0 Å². The predicted molar refractivity (Wildman–Crippen MR) is 77.3 cm³/mol. The van der Waals surface area contributed by atoms with Crippen LogP contribution in [0.15, 0.2) is 18.3 Å². The molecule has 1 saturated carbocycles. The smallest absolute Gasteiger partial charge is 0.269 e. The highest BCUT2D eigenvalue weighted by Gasteiger charge is 2.15. The summed E-state index contributed by atoms with van der Waals surface area (Å²) in [5.74, 6) is 0.590. The van der Waals surface area contributed by atoms with Gasteiger partial charge in [0, 0.05) is 13.1 Å². The molecule has 2 rings (SSSR count). The van der Waals surface area contributed by atoms with Gasteiger partial charge in [0.1, 0.15) is 5.69 Å². The van der Waals surface area contributed by atoms with Gasteiger partial charge in [0.2, 0.25) is 0 Å². The highest BCUT2D eigenvalue weighted by molar-refractivity contribution is 5.92. The lowest BCUT2D eigenvalue weighted by atomic mass is 9.89. The van der Waals surface area contributed by atoms with Crippen molar-refractivity contribution in [2.45, 2.75) is 39.0 Å². The quantitative estimate of drug-likeness (QED) is 0.857. The maximum Gasteiger partial charge on any atom is 0.269 e. The molecule has 0 unspecified atom stereocenters. The summed E-state index contributed by atoms with van der Waals surface area (Å²) in [6.45, 7) is 3.68. The molecule has 0 saturated heterocycles. The molecule has 4 nitrogen and oxygen atoms in total.